The first-order valence-electron chi connectivity index (χ1n) is 21.8. The summed E-state index contributed by atoms with van der Waals surface area (Å²) in [6.45, 7) is 2.71. The second-order valence-electron chi connectivity index (χ2n) is 14.5. The Bertz CT molecular complexity index is 1200. The van der Waals surface area contributed by atoms with Crippen molar-refractivity contribution >= 4 is 25.7 Å². The van der Waals surface area contributed by atoms with Crippen LogP contribution in [0.1, 0.15) is 174 Å². The molecule has 1 unspecified atom stereocenters. The molecule has 0 spiro atoms. The standard InChI is InChI=1S/C45H78NO10P/c1-3-5-7-9-11-13-15-17-19-20-21-22-23-25-27-29-31-33-35-37-44(48)56-41(39-54-57(51,52)55-40-42(46)45(49)50)38-53-43(47)36-34-32-30-28-26-24-18-16-14-12-10-8-6-4-2/h11,13,16-19,21-22,25,27,41-42H,3-10,12,14-15,20,23-24,26,28-40,46H2,1-2H3,(H,49,50)(H,51,52)/b13-11-,18-16-,19-17-,22-21-,27-25-/t41-,42+/m1/s1. The van der Waals surface area contributed by atoms with Crippen LogP contribution in [-0.4, -0.2) is 59.9 Å². The van der Waals surface area contributed by atoms with E-state index in [4.69, 9.17) is 24.8 Å². The smallest absolute Gasteiger partial charge is 0.472 e. The van der Waals surface area contributed by atoms with Crippen molar-refractivity contribution in [3.05, 3.63) is 60.8 Å². The Kier molecular flexibility index (Phi) is 38.0. The summed E-state index contributed by atoms with van der Waals surface area (Å²) in [7, 11) is -4.73. The first kappa shape index (κ1) is 54.2. The summed E-state index contributed by atoms with van der Waals surface area (Å²) in [5, 5.41) is 8.89. The average Bonchev–Trinajstić information content (AvgIpc) is 3.19. The van der Waals surface area contributed by atoms with Crippen LogP contribution in [0.25, 0.3) is 0 Å². The van der Waals surface area contributed by atoms with E-state index in [0.29, 0.717) is 12.8 Å². The molecule has 328 valence electrons. The van der Waals surface area contributed by atoms with Crippen LogP contribution in [0.15, 0.2) is 60.8 Å². The van der Waals surface area contributed by atoms with Crippen LogP contribution in [0.2, 0.25) is 0 Å². The van der Waals surface area contributed by atoms with E-state index in [2.05, 4.69) is 79.1 Å². The van der Waals surface area contributed by atoms with Crippen molar-refractivity contribution in [3.63, 3.8) is 0 Å². The van der Waals surface area contributed by atoms with Gasteiger partial charge in [0.05, 0.1) is 13.2 Å². The van der Waals surface area contributed by atoms with Gasteiger partial charge in [-0.05, 0) is 83.5 Å². The molecule has 3 atom stereocenters. The van der Waals surface area contributed by atoms with Gasteiger partial charge in [0, 0.05) is 12.8 Å². The van der Waals surface area contributed by atoms with E-state index in [9.17, 15) is 23.8 Å². The first-order chi connectivity index (χ1) is 27.6. The van der Waals surface area contributed by atoms with Crippen molar-refractivity contribution in [2.24, 2.45) is 5.73 Å². The van der Waals surface area contributed by atoms with Gasteiger partial charge in [-0.1, -0.05) is 139 Å². The quantitative estimate of drug-likeness (QED) is 0.0232. The number of carbonyl (C=O) groups excluding carboxylic acids is 2. The molecular weight excluding hydrogens is 745 g/mol. The number of esters is 2. The van der Waals surface area contributed by atoms with Crippen LogP contribution in [0.4, 0.5) is 0 Å². The number of rotatable bonds is 40. The summed E-state index contributed by atoms with van der Waals surface area (Å²) in [4.78, 5) is 45.9. The Balaban J connectivity index is 4.46. The van der Waals surface area contributed by atoms with Crippen LogP contribution in [-0.2, 0) is 37.5 Å². The lowest BCUT2D eigenvalue weighted by atomic mass is 10.1. The predicted molar refractivity (Wildman–Crippen MR) is 231 cm³/mol. The first-order valence-corrected chi connectivity index (χ1v) is 23.3. The molecule has 0 fully saturated rings. The Hall–Kier alpha value is -2.82. The second kappa shape index (κ2) is 40.0. The third kappa shape index (κ3) is 39.8. The maximum Gasteiger partial charge on any atom is 0.472 e. The number of phosphoric acid groups is 1. The molecule has 0 aliphatic carbocycles. The summed E-state index contributed by atoms with van der Waals surface area (Å²) < 4.78 is 32.6. The third-order valence-corrected chi connectivity index (χ3v) is 9.94. The predicted octanol–water partition coefficient (Wildman–Crippen LogP) is 11.6. The average molecular weight is 824 g/mol. The molecule has 0 aliphatic heterocycles. The third-order valence-electron chi connectivity index (χ3n) is 8.99. The minimum Gasteiger partial charge on any atom is -0.480 e. The molecule has 0 saturated carbocycles. The molecule has 0 amide bonds. The monoisotopic (exact) mass is 824 g/mol. The van der Waals surface area contributed by atoms with Crippen LogP contribution in [0, 0.1) is 0 Å². The fourth-order valence-corrected chi connectivity index (χ4v) is 6.29. The van der Waals surface area contributed by atoms with Gasteiger partial charge in [-0.2, -0.15) is 0 Å². The lowest BCUT2D eigenvalue weighted by Gasteiger charge is -2.20. The van der Waals surface area contributed by atoms with Crippen molar-refractivity contribution in [1.29, 1.82) is 0 Å². The number of aliphatic carboxylic acids is 1. The molecule has 0 aliphatic rings. The molecule has 0 aromatic heterocycles. The number of allylic oxidation sites excluding steroid dienone is 10. The van der Waals surface area contributed by atoms with Gasteiger partial charge in [0.2, 0.25) is 0 Å². The van der Waals surface area contributed by atoms with Crippen molar-refractivity contribution in [2.75, 3.05) is 19.8 Å². The largest absolute Gasteiger partial charge is 0.480 e. The number of carboxylic acid groups (broad SMARTS) is 1. The zero-order chi connectivity index (χ0) is 42.1. The number of ether oxygens (including phenoxy) is 2. The summed E-state index contributed by atoms with van der Waals surface area (Å²) in [5.41, 5.74) is 5.33. The number of nitrogens with two attached hydrogens (primary N) is 1. The van der Waals surface area contributed by atoms with Gasteiger partial charge in [0.15, 0.2) is 6.10 Å². The molecule has 4 N–H and O–H groups in total. The number of carboxylic acids is 1. The van der Waals surface area contributed by atoms with Crippen molar-refractivity contribution in [1.82, 2.24) is 0 Å². The van der Waals surface area contributed by atoms with Crippen molar-refractivity contribution in [3.8, 4) is 0 Å². The fourth-order valence-electron chi connectivity index (χ4n) is 5.51. The summed E-state index contributed by atoms with van der Waals surface area (Å²) in [5.74, 6) is -2.43. The maximum atomic E-state index is 12.6. The maximum absolute atomic E-state index is 12.6. The van der Waals surface area contributed by atoms with Gasteiger partial charge >= 0.3 is 25.7 Å². The molecule has 11 nitrogen and oxygen atoms in total. The molecule has 0 heterocycles. The molecule has 57 heavy (non-hydrogen) atoms. The minimum absolute atomic E-state index is 0.120. The van der Waals surface area contributed by atoms with Gasteiger partial charge < -0.3 is 25.2 Å². The molecule has 0 aromatic rings. The van der Waals surface area contributed by atoms with E-state index < -0.39 is 51.1 Å². The fraction of sp³-hybridized carbons (Fsp3) is 0.711. The molecule has 0 aromatic carbocycles. The SMILES string of the molecule is CCCCC/C=C\C/C=C\C/C=C\C/C=C\CCCCCC(=O)O[C@H](COC(=O)CCCCCCC/C=C\CCCCCCC)COP(=O)(O)OC[C@H](N)C(=O)O. The lowest BCUT2D eigenvalue weighted by Crippen LogP contribution is -2.34. The highest BCUT2D eigenvalue weighted by atomic mass is 31.2. The van der Waals surface area contributed by atoms with E-state index in [-0.39, 0.29) is 19.4 Å². The Labute approximate surface area is 345 Å². The summed E-state index contributed by atoms with van der Waals surface area (Å²) in [6, 6.07) is -1.53. The lowest BCUT2D eigenvalue weighted by molar-refractivity contribution is -0.161. The number of hydrogen-bond acceptors (Lipinski definition) is 9. The zero-order valence-corrected chi connectivity index (χ0v) is 36.3. The topological polar surface area (TPSA) is 172 Å². The van der Waals surface area contributed by atoms with E-state index in [1.54, 1.807) is 0 Å². The highest BCUT2D eigenvalue weighted by Gasteiger charge is 2.28. The van der Waals surface area contributed by atoms with Crippen LogP contribution < -0.4 is 5.73 Å². The number of hydrogen-bond donors (Lipinski definition) is 3. The van der Waals surface area contributed by atoms with Crippen molar-refractivity contribution in [2.45, 2.75) is 187 Å². The molecule has 0 radical (unpaired) electrons. The number of phosphoric ester groups is 1. The molecule has 0 rings (SSSR count). The molecular formula is C45H78NO10P. The Morgan fingerprint density at radius 2 is 0.930 bits per heavy atom. The summed E-state index contributed by atoms with van der Waals surface area (Å²) in [6.07, 6.45) is 45.7. The van der Waals surface area contributed by atoms with Gasteiger partial charge in [-0.15, -0.1) is 0 Å². The van der Waals surface area contributed by atoms with E-state index >= 15 is 0 Å². The molecule has 0 saturated heterocycles. The Morgan fingerprint density at radius 3 is 1.46 bits per heavy atom. The number of unbranched alkanes of at least 4 members (excludes halogenated alkanes) is 16. The van der Waals surface area contributed by atoms with Crippen LogP contribution >= 0.6 is 7.82 Å². The van der Waals surface area contributed by atoms with Gasteiger partial charge in [0.1, 0.15) is 12.6 Å². The van der Waals surface area contributed by atoms with Gasteiger partial charge in [0.25, 0.3) is 0 Å². The summed E-state index contributed by atoms with van der Waals surface area (Å²) >= 11 is 0. The zero-order valence-electron chi connectivity index (χ0n) is 35.4. The van der Waals surface area contributed by atoms with E-state index in [0.717, 1.165) is 77.0 Å². The highest BCUT2D eigenvalue weighted by Crippen LogP contribution is 2.43. The van der Waals surface area contributed by atoms with E-state index in [1.165, 1.54) is 57.8 Å². The van der Waals surface area contributed by atoms with E-state index in [1.807, 2.05) is 0 Å². The van der Waals surface area contributed by atoms with Gasteiger partial charge in [-0.25, -0.2) is 4.57 Å². The van der Waals surface area contributed by atoms with Crippen LogP contribution in [0.3, 0.4) is 0 Å². The van der Waals surface area contributed by atoms with Crippen molar-refractivity contribution < 1.29 is 47.5 Å². The number of carbonyl (C=O) groups is 3. The van der Waals surface area contributed by atoms with Gasteiger partial charge in [-0.3, -0.25) is 23.4 Å². The Morgan fingerprint density at radius 1 is 0.544 bits per heavy atom. The second-order valence-corrected chi connectivity index (χ2v) is 15.9. The molecule has 12 heteroatoms. The normalized spacial score (nSPS) is 14.3. The highest BCUT2D eigenvalue weighted by molar-refractivity contribution is 7.47. The van der Waals surface area contributed by atoms with Crippen LogP contribution in [0.5, 0.6) is 0 Å². The molecule has 0 bridgehead atoms. The minimum atomic E-state index is -4.73.